The van der Waals surface area contributed by atoms with Gasteiger partial charge in [0.25, 0.3) is 0 Å². The standard InChI is InChI=1S/C13H11FN2S/c1-9-12(14)4-11(6-15)5-13(9)16-7-10-2-3-17-8-10/h2-5,8,16H,7H2,1H3. The summed E-state index contributed by atoms with van der Waals surface area (Å²) in [5.41, 5.74) is 2.70. The molecule has 0 radical (unpaired) electrons. The zero-order chi connectivity index (χ0) is 12.3. The minimum absolute atomic E-state index is 0.334. The molecule has 1 aromatic heterocycles. The zero-order valence-electron chi connectivity index (χ0n) is 9.33. The van der Waals surface area contributed by atoms with Crippen molar-refractivity contribution in [2.24, 2.45) is 0 Å². The molecule has 1 heterocycles. The van der Waals surface area contributed by atoms with Crippen molar-refractivity contribution >= 4 is 17.0 Å². The van der Waals surface area contributed by atoms with Crippen molar-refractivity contribution in [1.82, 2.24) is 0 Å². The molecule has 0 spiro atoms. The van der Waals surface area contributed by atoms with Gasteiger partial charge in [0.05, 0.1) is 11.6 Å². The lowest BCUT2D eigenvalue weighted by Gasteiger charge is -2.10. The first-order valence-corrected chi connectivity index (χ1v) is 6.10. The topological polar surface area (TPSA) is 35.8 Å². The highest BCUT2D eigenvalue weighted by molar-refractivity contribution is 7.07. The molecule has 0 atom stereocenters. The molecular weight excluding hydrogens is 235 g/mol. The zero-order valence-corrected chi connectivity index (χ0v) is 10.1. The molecule has 0 aliphatic carbocycles. The number of anilines is 1. The summed E-state index contributed by atoms with van der Waals surface area (Å²) in [6.07, 6.45) is 0. The van der Waals surface area contributed by atoms with Crippen molar-refractivity contribution in [3.63, 3.8) is 0 Å². The van der Waals surface area contributed by atoms with Gasteiger partial charge in [-0.3, -0.25) is 0 Å². The first-order chi connectivity index (χ1) is 8.20. The van der Waals surface area contributed by atoms with E-state index in [4.69, 9.17) is 5.26 Å². The summed E-state index contributed by atoms with van der Waals surface area (Å²) in [4.78, 5) is 0. The molecule has 0 saturated carbocycles. The Bertz CT molecular complexity index is 556. The van der Waals surface area contributed by atoms with E-state index in [1.54, 1.807) is 24.3 Å². The van der Waals surface area contributed by atoms with Gasteiger partial charge in [0.15, 0.2) is 0 Å². The molecule has 17 heavy (non-hydrogen) atoms. The van der Waals surface area contributed by atoms with Gasteiger partial charge in [0.1, 0.15) is 5.82 Å². The molecule has 4 heteroatoms. The van der Waals surface area contributed by atoms with Crippen molar-refractivity contribution in [2.75, 3.05) is 5.32 Å². The van der Waals surface area contributed by atoms with Crippen LogP contribution in [0.3, 0.4) is 0 Å². The summed E-state index contributed by atoms with van der Waals surface area (Å²) >= 11 is 1.62. The normalized spacial score (nSPS) is 9.94. The van der Waals surface area contributed by atoms with Crippen molar-refractivity contribution in [1.29, 1.82) is 5.26 Å². The maximum atomic E-state index is 13.5. The summed E-state index contributed by atoms with van der Waals surface area (Å²) < 4.78 is 13.5. The SMILES string of the molecule is Cc1c(F)cc(C#N)cc1NCc1ccsc1. The molecule has 2 aromatic rings. The molecule has 0 aliphatic rings. The van der Waals surface area contributed by atoms with Crippen LogP contribution in [0.1, 0.15) is 16.7 Å². The van der Waals surface area contributed by atoms with E-state index < -0.39 is 0 Å². The predicted molar refractivity (Wildman–Crippen MR) is 67.5 cm³/mol. The van der Waals surface area contributed by atoms with E-state index in [2.05, 4.69) is 5.32 Å². The maximum Gasteiger partial charge on any atom is 0.129 e. The highest BCUT2D eigenvalue weighted by atomic mass is 32.1. The van der Waals surface area contributed by atoms with Crippen molar-refractivity contribution in [2.45, 2.75) is 13.5 Å². The number of nitrogens with zero attached hydrogens (tertiary/aromatic N) is 1. The Hall–Kier alpha value is -1.86. The van der Waals surface area contributed by atoms with Gasteiger partial charge in [-0.05, 0) is 41.4 Å². The highest BCUT2D eigenvalue weighted by Gasteiger charge is 2.06. The highest BCUT2D eigenvalue weighted by Crippen LogP contribution is 2.21. The van der Waals surface area contributed by atoms with Gasteiger partial charge >= 0.3 is 0 Å². The van der Waals surface area contributed by atoms with E-state index in [0.29, 0.717) is 23.4 Å². The predicted octanol–water partition coefficient (Wildman–Crippen LogP) is 3.68. The Morgan fingerprint density at radius 2 is 2.29 bits per heavy atom. The van der Waals surface area contributed by atoms with Crippen LogP contribution in [0.4, 0.5) is 10.1 Å². The molecule has 1 N–H and O–H groups in total. The molecule has 2 rings (SSSR count). The van der Waals surface area contributed by atoms with E-state index >= 15 is 0 Å². The Balaban J connectivity index is 2.20. The number of hydrogen-bond donors (Lipinski definition) is 1. The second-order valence-electron chi connectivity index (χ2n) is 3.73. The lowest BCUT2D eigenvalue weighted by atomic mass is 10.1. The maximum absolute atomic E-state index is 13.5. The molecule has 1 aromatic carbocycles. The summed E-state index contributed by atoms with van der Waals surface area (Å²) in [5.74, 6) is -0.350. The second kappa shape index (κ2) is 4.98. The van der Waals surface area contributed by atoms with Crippen molar-refractivity contribution < 1.29 is 4.39 Å². The van der Waals surface area contributed by atoms with Crippen molar-refractivity contribution in [3.05, 3.63) is 51.5 Å². The van der Waals surface area contributed by atoms with E-state index in [0.717, 1.165) is 5.56 Å². The Labute approximate surface area is 103 Å². The van der Waals surface area contributed by atoms with Crippen molar-refractivity contribution in [3.8, 4) is 6.07 Å². The number of rotatable bonds is 3. The van der Waals surface area contributed by atoms with Crippen LogP contribution < -0.4 is 5.32 Å². The summed E-state index contributed by atoms with van der Waals surface area (Å²) in [5, 5.41) is 16.0. The van der Waals surface area contributed by atoms with E-state index in [9.17, 15) is 4.39 Å². The number of hydrogen-bond acceptors (Lipinski definition) is 3. The smallest absolute Gasteiger partial charge is 0.129 e. The fraction of sp³-hybridized carbons (Fsp3) is 0.154. The van der Waals surface area contributed by atoms with Gasteiger partial charge in [-0.2, -0.15) is 16.6 Å². The van der Waals surface area contributed by atoms with Gasteiger partial charge in [-0.15, -0.1) is 0 Å². The van der Waals surface area contributed by atoms with E-state index in [-0.39, 0.29) is 5.82 Å². The molecule has 0 bridgehead atoms. The largest absolute Gasteiger partial charge is 0.381 e. The number of halogens is 1. The van der Waals surface area contributed by atoms with Crippen LogP contribution in [0.25, 0.3) is 0 Å². The Morgan fingerprint density at radius 1 is 1.47 bits per heavy atom. The molecule has 0 aliphatic heterocycles. The fourth-order valence-corrected chi connectivity index (χ4v) is 2.19. The molecule has 0 saturated heterocycles. The van der Waals surface area contributed by atoms with E-state index in [1.165, 1.54) is 6.07 Å². The Morgan fingerprint density at radius 3 is 2.94 bits per heavy atom. The van der Waals surface area contributed by atoms with Crippen LogP contribution in [-0.4, -0.2) is 0 Å². The third kappa shape index (κ3) is 2.63. The first kappa shape index (κ1) is 11.6. The van der Waals surface area contributed by atoms with E-state index in [1.807, 2.05) is 22.9 Å². The molecule has 0 fully saturated rings. The fourth-order valence-electron chi connectivity index (χ4n) is 1.52. The van der Waals surface area contributed by atoms with Crippen LogP contribution >= 0.6 is 11.3 Å². The quantitative estimate of drug-likeness (QED) is 0.896. The number of nitriles is 1. The second-order valence-corrected chi connectivity index (χ2v) is 4.51. The minimum Gasteiger partial charge on any atom is -0.381 e. The van der Waals surface area contributed by atoms with Gasteiger partial charge in [-0.1, -0.05) is 0 Å². The lowest BCUT2D eigenvalue weighted by molar-refractivity contribution is 0.618. The van der Waals surface area contributed by atoms with Gasteiger partial charge in [0.2, 0.25) is 0 Å². The number of nitrogens with one attached hydrogen (secondary N) is 1. The van der Waals surface area contributed by atoms with Gasteiger partial charge in [0, 0.05) is 17.8 Å². The molecule has 2 nitrogen and oxygen atoms in total. The monoisotopic (exact) mass is 246 g/mol. The lowest BCUT2D eigenvalue weighted by Crippen LogP contribution is -2.02. The van der Waals surface area contributed by atoms with Crippen LogP contribution in [-0.2, 0) is 6.54 Å². The summed E-state index contributed by atoms with van der Waals surface area (Å²) in [7, 11) is 0. The third-order valence-corrected chi connectivity index (χ3v) is 3.27. The number of benzene rings is 1. The van der Waals surface area contributed by atoms with Gasteiger partial charge in [-0.25, -0.2) is 4.39 Å². The van der Waals surface area contributed by atoms with Crippen LogP contribution in [0.2, 0.25) is 0 Å². The van der Waals surface area contributed by atoms with Gasteiger partial charge < -0.3 is 5.32 Å². The molecular formula is C13H11FN2S. The summed E-state index contributed by atoms with van der Waals surface area (Å²) in [6, 6.07) is 6.89. The van der Waals surface area contributed by atoms with Crippen LogP contribution in [0, 0.1) is 24.1 Å². The average Bonchev–Trinajstić information content (AvgIpc) is 2.84. The number of thiophene rings is 1. The van der Waals surface area contributed by atoms with Crippen LogP contribution in [0.5, 0.6) is 0 Å². The average molecular weight is 246 g/mol. The summed E-state index contributed by atoms with van der Waals surface area (Å²) in [6.45, 7) is 2.34. The first-order valence-electron chi connectivity index (χ1n) is 5.16. The third-order valence-electron chi connectivity index (χ3n) is 2.54. The Kier molecular flexibility index (Phi) is 3.40. The molecule has 0 amide bonds. The molecule has 0 unspecified atom stereocenters. The molecule has 86 valence electrons. The minimum atomic E-state index is -0.350. The van der Waals surface area contributed by atoms with Crippen LogP contribution in [0.15, 0.2) is 29.0 Å².